The molecule has 3 aromatic heterocycles. The number of phenolic OH excluding ortho intramolecular Hbond substituents is 1. The molecule has 10 rings (SSSR count). The van der Waals surface area contributed by atoms with Gasteiger partial charge in [0.15, 0.2) is 5.58 Å². The Morgan fingerprint density at radius 1 is 0.571 bits per heavy atom. The van der Waals surface area contributed by atoms with E-state index in [9.17, 15) is 5.11 Å². The second-order valence-electron chi connectivity index (χ2n) is 19.3. The Labute approximate surface area is 383 Å². The summed E-state index contributed by atoms with van der Waals surface area (Å²) in [6, 6.07) is 54.8. The van der Waals surface area contributed by atoms with E-state index in [0.717, 1.165) is 88.5 Å². The van der Waals surface area contributed by atoms with Crippen LogP contribution in [0.5, 0.6) is 5.75 Å². The van der Waals surface area contributed by atoms with E-state index in [1.165, 1.54) is 5.56 Å². The van der Waals surface area contributed by atoms with Gasteiger partial charge in [0, 0.05) is 54.2 Å². The molecule has 0 atom stereocenters. The van der Waals surface area contributed by atoms with Crippen LogP contribution in [0.2, 0.25) is 0 Å². The van der Waals surface area contributed by atoms with Crippen molar-refractivity contribution < 1.29 is 30.6 Å². The number of aromatic hydroxyl groups is 1. The number of benzene rings is 7. The number of nitrogens with zero attached hydrogens (tertiary/aromatic N) is 3. The predicted octanol–water partition coefficient (Wildman–Crippen LogP) is 14.9. The van der Waals surface area contributed by atoms with Gasteiger partial charge in [-0.1, -0.05) is 164 Å². The predicted molar refractivity (Wildman–Crippen MR) is 256 cm³/mol. The van der Waals surface area contributed by atoms with Crippen LogP contribution in [0.15, 0.2) is 156 Å². The van der Waals surface area contributed by atoms with Gasteiger partial charge in [-0.2, -0.15) is 0 Å². The Kier molecular flexibility index (Phi) is 10.3. The number of rotatable bonds is 6. The van der Waals surface area contributed by atoms with E-state index in [0.29, 0.717) is 11.4 Å². The average molecular weight is 1000 g/mol. The average Bonchev–Trinajstić information content (AvgIpc) is 3.83. The summed E-state index contributed by atoms with van der Waals surface area (Å²) in [6.07, 6.45) is 1.84. The van der Waals surface area contributed by atoms with Gasteiger partial charge in [0.2, 0.25) is 0 Å². The molecular formula is C57H50N3O2Pt-. The van der Waals surface area contributed by atoms with E-state index in [1.807, 2.05) is 24.4 Å². The molecule has 0 amide bonds. The molecule has 6 heteroatoms. The van der Waals surface area contributed by atoms with Crippen molar-refractivity contribution in [1.29, 1.82) is 0 Å². The van der Waals surface area contributed by atoms with Gasteiger partial charge in [-0.05, 0) is 69.1 Å². The van der Waals surface area contributed by atoms with E-state index in [4.69, 9.17) is 14.4 Å². The Hall–Kier alpha value is -6.29. The zero-order chi connectivity index (χ0) is 43.1. The van der Waals surface area contributed by atoms with Gasteiger partial charge in [-0.25, -0.2) is 4.98 Å². The van der Waals surface area contributed by atoms with Crippen LogP contribution in [-0.4, -0.2) is 19.6 Å². The van der Waals surface area contributed by atoms with Crippen molar-refractivity contribution in [1.82, 2.24) is 14.5 Å². The summed E-state index contributed by atoms with van der Waals surface area (Å²) in [5.41, 5.74) is 12.1. The van der Waals surface area contributed by atoms with Crippen LogP contribution in [-0.2, 0) is 37.3 Å². The summed E-state index contributed by atoms with van der Waals surface area (Å²) in [7, 11) is 0. The van der Waals surface area contributed by atoms with Crippen molar-refractivity contribution in [3.63, 3.8) is 0 Å². The summed E-state index contributed by atoms with van der Waals surface area (Å²) in [4.78, 5) is 10.6. The number of fused-ring (bicyclic) bond motifs is 5. The van der Waals surface area contributed by atoms with Gasteiger partial charge >= 0.3 is 0 Å². The molecule has 0 aliphatic rings. The molecule has 316 valence electrons. The number of pyridine rings is 1. The SMILES string of the molecule is CC(C)(C)c1cc(-c2nc3c(-c4[c-]c(-c5cc6c(cn5)oc5cc7ccccc7cc56)cc(C(C)(C)c5ccccc5)c4)cccc3n2-c2ccccc2)c(O)c(C(C)(C)C)c1.[Pt]. The molecule has 0 bridgehead atoms. The van der Waals surface area contributed by atoms with Gasteiger partial charge in [0.05, 0.1) is 22.8 Å². The Morgan fingerprint density at radius 3 is 1.92 bits per heavy atom. The molecule has 7 aromatic carbocycles. The zero-order valence-electron chi connectivity index (χ0n) is 36.9. The van der Waals surface area contributed by atoms with Crippen LogP contribution in [0.3, 0.4) is 0 Å². The van der Waals surface area contributed by atoms with E-state index < -0.39 is 0 Å². The molecule has 0 saturated carbocycles. The molecular weight excluding hydrogens is 954 g/mol. The van der Waals surface area contributed by atoms with Gasteiger partial charge in [-0.3, -0.25) is 9.55 Å². The minimum absolute atomic E-state index is 0. The third-order valence-electron chi connectivity index (χ3n) is 12.6. The first kappa shape index (κ1) is 42.0. The molecule has 0 fully saturated rings. The Bertz CT molecular complexity index is 3350. The maximum Gasteiger partial charge on any atom is 0.152 e. The largest absolute Gasteiger partial charge is 0.507 e. The van der Waals surface area contributed by atoms with Crippen molar-refractivity contribution in [2.45, 2.75) is 71.6 Å². The van der Waals surface area contributed by atoms with Crippen molar-refractivity contribution in [2.75, 3.05) is 0 Å². The summed E-state index contributed by atoms with van der Waals surface area (Å²) < 4.78 is 8.56. The number of hydrogen-bond donors (Lipinski definition) is 1. The topological polar surface area (TPSA) is 64.1 Å². The molecule has 10 aromatic rings. The smallest absolute Gasteiger partial charge is 0.152 e. The molecule has 5 nitrogen and oxygen atoms in total. The van der Waals surface area contributed by atoms with Crippen molar-refractivity contribution >= 4 is 43.7 Å². The van der Waals surface area contributed by atoms with Gasteiger partial charge in [0.25, 0.3) is 0 Å². The molecule has 0 aliphatic carbocycles. The molecule has 3 heterocycles. The maximum absolute atomic E-state index is 12.3. The summed E-state index contributed by atoms with van der Waals surface area (Å²) in [6.45, 7) is 17.7. The fraction of sp³-hybridized carbons (Fsp3) is 0.193. The Balaban J connectivity index is 0.00000504. The van der Waals surface area contributed by atoms with Gasteiger partial charge in [-0.15, -0.1) is 29.3 Å². The number of imidazole rings is 1. The van der Waals surface area contributed by atoms with Crippen LogP contribution >= 0.6 is 0 Å². The van der Waals surface area contributed by atoms with E-state index >= 15 is 0 Å². The molecule has 1 N–H and O–H groups in total. The van der Waals surface area contributed by atoms with Crippen molar-refractivity contribution in [2.24, 2.45) is 0 Å². The standard InChI is InChI=1S/C57H50N3O2.Pt/c1-55(2,3)40-31-46(53(61)47(32-40)56(4,5)6)54-59-52-43(24-17-25-49(52)60(54)42-22-13-10-14-23-42)37-26-38(28-41(27-37)57(7,8)39-20-11-9-12-21-39)48-33-45-44-29-35-18-15-16-19-36(35)30-50(44)62-51(45)34-58-48;/h9-25,27-34,61H,1-8H3;/q-1;. The van der Waals surface area contributed by atoms with Crippen LogP contribution < -0.4 is 0 Å². The number of aromatic nitrogens is 3. The first-order chi connectivity index (χ1) is 29.6. The third kappa shape index (κ3) is 7.37. The summed E-state index contributed by atoms with van der Waals surface area (Å²) >= 11 is 0. The molecule has 0 spiro atoms. The second kappa shape index (κ2) is 15.5. The van der Waals surface area contributed by atoms with Crippen molar-refractivity contribution in [3.8, 4) is 45.2 Å². The minimum Gasteiger partial charge on any atom is -0.507 e. The molecule has 0 radical (unpaired) electrons. The van der Waals surface area contributed by atoms with Crippen LogP contribution in [0.4, 0.5) is 0 Å². The first-order valence-corrected chi connectivity index (χ1v) is 21.5. The number of para-hydroxylation sites is 2. The zero-order valence-corrected chi connectivity index (χ0v) is 39.2. The molecule has 0 aliphatic heterocycles. The van der Waals surface area contributed by atoms with Crippen molar-refractivity contribution in [3.05, 3.63) is 180 Å². The van der Waals surface area contributed by atoms with Crippen LogP contribution in [0, 0.1) is 6.07 Å². The van der Waals surface area contributed by atoms with Crippen LogP contribution in [0.25, 0.3) is 83.2 Å². The molecule has 0 unspecified atom stereocenters. The maximum atomic E-state index is 12.3. The first-order valence-electron chi connectivity index (χ1n) is 21.5. The fourth-order valence-electron chi connectivity index (χ4n) is 8.90. The number of furan rings is 1. The van der Waals surface area contributed by atoms with Gasteiger partial charge < -0.3 is 9.52 Å². The van der Waals surface area contributed by atoms with E-state index in [1.54, 1.807) is 0 Å². The number of phenols is 1. The number of hydrogen-bond acceptors (Lipinski definition) is 4. The normalized spacial score (nSPS) is 12.4. The molecule has 0 saturated heterocycles. The third-order valence-corrected chi connectivity index (χ3v) is 12.6. The minimum atomic E-state index is -0.365. The van der Waals surface area contributed by atoms with E-state index in [-0.39, 0.29) is 43.1 Å². The van der Waals surface area contributed by atoms with Crippen LogP contribution in [0.1, 0.15) is 77.6 Å². The van der Waals surface area contributed by atoms with Gasteiger partial charge in [0.1, 0.15) is 17.2 Å². The van der Waals surface area contributed by atoms with E-state index in [2.05, 4.69) is 193 Å². The second-order valence-corrected chi connectivity index (χ2v) is 19.3. The quantitative estimate of drug-likeness (QED) is 0.169. The monoisotopic (exact) mass is 1000 g/mol. The molecule has 63 heavy (non-hydrogen) atoms. The summed E-state index contributed by atoms with van der Waals surface area (Å²) in [5, 5.41) is 16.6. The fourth-order valence-corrected chi connectivity index (χ4v) is 8.90. The summed E-state index contributed by atoms with van der Waals surface area (Å²) in [5.74, 6) is 0.932. The Morgan fingerprint density at radius 2 is 1.22 bits per heavy atom.